The van der Waals surface area contributed by atoms with Crippen molar-refractivity contribution in [1.82, 2.24) is 4.98 Å². The average molecular weight is 420 g/mol. The Morgan fingerprint density at radius 3 is 2.33 bits per heavy atom. The minimum Gasteiger partial charge on any atom is -0.478 e. The summed E-state index contributed by atoms with van der Waals surface area (Å²) < 4.78 is 12.1. The summed E-state index contributed by atoms with van der Waals surface area (Å²) >= 11 is 1.45. The van der Waals surface area contributed by atoms with Crippen LogP contribution in [0.2, 0.25) is 0 Å². The van der Waals surface area contributed by atoms with Gasteiger partial charge in [-0.1, -0.05) is 78.1 Å². The second-order valence-electron chi connectivity index (χ2n) is 7.49. The molecule has 0 spiro atoms. The molecule has 2 atom stereocenters. The number of hydrogen-bond donors (Lipinski definition) is 1. The van der Waals surface area contributed by atoms with Crippen molar-refractivity contribution in [3.63, 3.8) is 0 Å². The summed E-state index contributed by atoms with van der Waals surface area (Å²) in [7, 11) is 1.52. The Labute approximate surface area is 178 Å². The van der Waals surface area contributed by atoms with E-state index in [9.17, 15) is 9.90 Å². The fraction of sp³-hybridized carbons (Fsp3) is 0.250. The molecular weight excluding hydrogens is 398 g/mol. The summed E-state index contributed by atoms with van der Waals surface area (Å²) in [6.45, 7) is 0. The average Bonchev–Trinajstić information content (AvgIpc) is 3.36. The summed E-state index contributed by atoms with van der Waals surface area (Å²) in [6, 6.07) is 18.7. The van der Waals surface area contributed by atoms with Gasteiger partial charge in [0.25, 0.3) is 5.19 Å². The van der Waals surface area contributed by atoms with E-state index in [1.807, 2.05) is 60.7 Å². The Morgan fingerprint density at radius 1 is 1.13 bits per heavy atom. The van der Waals surface area contributed by atoms with Crippen LogP contribution in [0.3, 0.4) is 0 Å². The van der Waals surface area contributed by atoms with Crippen molar-refractivity contribution in [1.29, 1.82) is 0 Å². The molecule has 2 aliphatic carbocycles. The maximum atomic E-state index is 12.5. The van der Waals surface area contributed by atoms with Gasteiger partial charge in [-0.2, -0.15) is 0 Å². The molecule has 1 heterocycles. The minimum absolute atomic E-state index is 0.371. The van der Waals surface area contributed by atoms with Crippen LogP contribution in [0.1, 0.15) is 40.5 Å². The molecule has 5 nitrogen and oxygen atoms in total. The van der Waals surface area contributed by atoms with Gasteiger partial charge < -0.3 is 14.6 Å². The zero-order valence-electron chi connectivity index (χ0n) is 16.4. The van der Waals surface area contributed by atoms with E-state index < -0.39 is 17.7 Å². The van der Waals surface area contributed by atoms with Crippen LogP contribution in [0.25, 0.3) is 5.57 Å². The molecule has 0 radical (unpaired) electrons. The third kappa shape index (κ3) is 2.79. The Kier molecular flexibility index (Phi) is 4.68. The largest absolute Gasteiger partial charge is 0.478 e. The first-order valence-corrected chi connectivity index (χ1v) is 10.7. The second-order valence-corrected chi connectivity index (χ2v) is 8.48. The second kappa shape index (κ2) is 7.38. The molecular formula is C24H21NO4S. The van der Waals surface area contributed by atoms with E-state index in [0.29, 0.717) is 22.2 Å². The molecule has 0 bridgehead atoms. The molecule has 3 aromatic rings. The minimum atomic E-state index is -1.33. The van der Waals surface area contributed by atoms with Crippen molar-refractivity contribution in [3.8, 4) is 5.19 Å². The number of carbonyl (C=O) groups is 1. The Morgan fingerprint density at radius 2 is 1.77 bits per heavy atom. The predicted octanol–water partition coefficient (Wildman–Crippen LogP) is 4.84. The van der Waals surface area contributed by atoms with Gasteiger partial charge in [-0.25, -0.2) is 9.78 Å². The number of aromatic nitrogens is 1. The van der Waals surface area contributed by atoms with Gasteiger partial charge in [-0.3, -0.25) is 0 Å². The zero-order valence-corrected chi connectivity index (χ0v) is 17.3. The van der Waals surface area contributed by atoms with Crippen molar-refractivity contribution in [2.75, 3.05) is 7.11 Å². The Balaban J connectivity index is 1.60. The van der Waals surface area contributed by atoms with Crippen molar-refractivity contribution in [3.05, 3.63) is 88.4 Å². The fourth-order valence-corrected chi connectivity index (χ4v) is 5.67. The van der Waals surface area contributed by atoms with Crippen molar-refractivity contribution in [2.45, 2.75) is 30.5 Å². The highest BCUT2D eigenvalue weighted by atomic mass is 32.1. The number of ether oxygens (including phenoxy) is 2. The zero-order chi connectivity index (χ0) is 20.7. The molecule has 0 amide bonds. The van der Waals surface area contributed by atoms with E-state index in [0.717, 1.165) is 18.5 Å². The molecule has 1 aromatic heterocycles. The number of carboxylic acid groups (broad SMARTS) is 1. The van der Waals surface area contributed by atoms with E-state index in [2.05, 4.69) is 11.1 Å². The molecule has 1 N–H and O–H groups in total. The molecule has 0 saturated heterocycles. The SMILES string of the molecule is COC(c1ccccc1)(c1ccccc1)[C@H](Oc1nc2c(s1)[C@H]1CCC=C21)C(=O)O. The summed E-state index contributed by atoms with van der Waals surface area (Å²) in [5, 5.41) is 10.6. The lowest BCUT2D eigenvalue weighted by Crippen LogP contribution is -2.50. The lowest BCUT2D eigenvalue weighted by atomic mass is 9.81. The van der Waals surface area contributed by atoms with E-state index in [4.69, 9.17) is 9.47 Å². The summed E-state index contributed by atoms with van der Waals surface area (Å²) in [5.41, 5.74) is 2.31. The molecule has 0 unspecified atom stereocenters. The van der Waals surface area contributed by atoms with E-state index >= 15 is 0 Å². The number of aliphatic carboxylic acids is 1. The molecule has 2 aliphatic rings. The number of rotatable bonds is 7. The van der Waals surface area contributed by atoms with Crippen LogP contribution in [0, 0.1) is 0 Å². The van der Waals surface area contributed by atoms with Gasteiger partial charge in [0.1, 0.15) is 0 Å². The van der Waals surface area contributed by atoms with Gasteiger partial charge in [-0.05, 0) is 29.5 Å². The van der Waals surface area contributed by atoms with Crippen LogP contribution in [0.4, 0.5) is 0 Å². The summed E-state index contributed by atoms with van der Waals surface area (Å²) in [5.74, 6) is -0.671. The highest BCUT2D eigenvalue weighted by Crippen LogP contribution is 2.56. The number of allylic oxidation sites excluding steroid dienone is 2. The molecule has 152 valence electrons. The number of benzene rings is 2. The van der Waals surface area contributed by atoms with Crippen LogP contribution in [-0.4, -0.2) is 29.3 Å². The van der Waals surface area contributed by atoms with Crippen molar-refractivity contribution in [2.24, 2.45) is 0 Å². The maximum Gasteiger partial charge on any atom is 0.348 e. The monoisotopic (exact) mass is 419 g/mol. The first-order chi connectivity index (χ1) is 14.6. The first kappa shape index (κ1) is 19.0. The van der Waals surface area contributed by atoms with Crippen LogP contribution in [0.5, 0.6) is 5.19 Å². The van der Waals surface area contributed by atoms with Gasteiger partial charge in [0.15, 0.2) is 5.60 Å². The van der Waals surface area contributed by atoms with Crippen molar-refractivity contribution < 1.29 is 19.4 Å². The topological polar surface area (TPSA) is 68.7 Å². The molecule has 5 rings (SSSR count). The van der Waals surface area contributed by atoms with Gasteiger partial charge >= 0.3 is 5.97 Å². The van der Waals surface area contributed by atoms with E-state index in [-0.39, 0.29) is 0 Å². The van der Waals surface area contributed by atoms with E-state index in [1.165, 1.54) is 28.9 Å². The lowest BCUT2D eigenvalue weighted by molar-refractivity contribution is -0.160. The van der Waals surface area contributed by atoms with Gasteiger partial charge in [-0.15, -0.1) is 0 Å². The number of hydrogen-bond acceptors (Lipinski definition) is 5. The maximum absolute atomic E-state index is 12.5. The van der Waals surface area contributed by atoms with Crippen LogP contribution < -0.4 is 4.74 Å². The predicted molar refractivity (Wildman–Crippen MR) is 115 cm³/mol. The lowest BCUT2D eigenvalue weighted by Gasteiger charge is -2.37. The quantitative estimate of drug-likeness (QED) is 0.593. The normalized spacial score (nSPS) is 18.0. The van der Waals surface area contributed by atoms with E-state index in [1.54, 1.807) is 0 Å². The number of carboxylic acids is 1. The summed E-state index contributed by atoms with van der Waals surface area (Å²) in [6.07, 6.45) is 3.08. The number of thiazole rings is 1. The first-order valence-electron chi connectivity index (χ1n) is 9.92. The molecule has 0 fully saturated rings. The highest BCUT2D eigenvalue weighted by molar-refractivity contribution is 7.14. The third-order valence-corrected chi connectivity index (χ3v) is 7.02. The van der Waals surface area contributed by atoms with Crippen LogP contribution >= 0.6 is 11.3 Å². The number of fused-ring (bicyclic) bond motifs is 4. The smallest absolute Gasteiger partial charge is 0.348 e. The molecule has 0 aliphatic heterocycles. The van der Waals surface area contributed by atoms with Gasteiger partial charge in [0.2, 0.25) is 6.10 Å². The van der Waals surface area contributed by atoms with Gasteiger partial charge in [0, 0.05) is 17.9 Å². The molecule has 30 heavy (non-hydrogen) atoms. The third-order valence-electron chi connectivity index (χ3n) is 5.96. The van der Waals surface area contributed by atoms with Gasteiger partial charge in [0.05, 0.1) is 5.69 Å². The Bertz CT molecular complexity index is 1070. The number of methoxy groups -OCH3 is 1. The number of nitrogens with zero attached hydrogens (tertiary/aromatic N) is 1. The van der Waals surface area contributed by atoms with Crippen molar-refractivity contribution >= 4 is 22.9 Å². The molecule has 0 saturated carbocycles. The Hall–Kier alpha value is -2.96. The summed E-state index contributed by atoms with van der Waals surface area (Å²) in [4.78, 5) is 18.3. The standard InChI is InChI=1S/C24H21NO4S/c1-28-24(15-9-4-2-5-10-15,16-11-6-3-7-12-16)21(22(26)27)29-23-25-19-17-13-8-14-18(17)20(19)30-23/h2-7,9-13,18,21H,8,14H2,1H3,(H,26,27)/t18-,21+/m0/s1. The highest BCUT2D eigenvalue weighted by Gasteiger charge is 2.50. The molecule has 6 heteroatoms. The van der Waals surface area contributed by atoms with Crippen LogP contribution in [-0.2, 0) is 15.1 Å². The van der Waals surface area contributed by atoms with Crippen LogP contribution in [0.15, 0.2) is 66.7 Å². The molecule has 2 aromatic carbocycles. The fourth-order valence-electron chi connectivity index (χ4n) is 4.56.